The number of alkyl halides is 3. The Balaban J connectivity index is 3.41. The maximum atomic E-state index is 11.8. The minimum Gasteiger partial charge on any atom is -0.481 e. The molecule has 0 aromatic carbocycles. The summed E-state index contributed by atoms with van der Waals surface area (Å²) in [5, 5.41) is 8.44. The Kier molecular flexibility index (Phi) is 10.8. The van der Waals surface area contributed by atoms with Crippen molar-refractivity contribution in [3.8, 4) is 0 Å². The molecule has 0 rings (SSSR count). The maximum Gasteiger partial charge on any atom is 0.491 e. The number of unbranched alkanes of at least 4 members (excludes halogenated alkanes) is 6. The average molecular weight is 342 g/mol. The van der Waals surface area contributed by atoms with E-state index < -0.39 is 30.9 Å². The summed E-state index contributed by atoms with van der Waals surface area (Å²) in [6, 6.07) is 0. The van der Waals surface area contributed by atoms with Crippen LogP contribution in [0.5, 0.6) is 0 Å². The number of carbonyl (C=O) groups excluding carboxylic acids is 2. The predicted octanol–water partition coefficient (Wildman–Crippen LogP) is 3.19. The average Bonchev–Trinajstić information content (AvgIpc) is 2.44. The third-order valence-corrected chi connectivity index (χ3v) is 2.91. The van der Waals surface area contributed by atoms with Crippen molar-refractivity contribution in [1.29, 1.82) is 0 Å². The van der Waals surface area contributed by atoms with E-state index in [1.807, 2.05) is 0 Å². The van der Waals surface area contributed by atoms with E-state index in [4.69, 9.17) is 5.11 Å². The second-order valence-electron chi connectivity index (χ2n) is 4.93. The van der Waals surface area contributed by atoms with E-state index in [9.17, 15) is 27.6 Å². The van der Waals surface area contributed by atoms with Gasteiger partial charge in [0.1, 0.15) is 0 Å². The van der Waals surface area contributed by atoms with Gasteiger partial charge in [-0.05, 0) is 12.8 Å². The number of esters is 2. The normalized spacial score (nSPS) is 11.1. The smallest absolute Gasteiger partial charge is 0.481 e. The van der Waals surface area contributed by atoms with Gasteiger partial charge >= 0.3 is 24.1 Å². The highest BCUT2D eigenvalue weighted by atomic mass is 19.4. The fourth-order valence-electron chi connectivity index (χ4n) is 1.73. The van der Waals surface area contributed by atoms with Crippen LogP contribution in [0, 0.1) is 0 Å². The molecule has 0 radical (unpaired) electrons. The van der Waals surface area contributed by atoms with Gasteiger partial charge in [-0.1, -0.05) is 32.1 Å². The Morgan fingerprint density at radius 3 is 1.74 bits per heavy atom. The van der Waals surface area contributed by atoms with Crippen molar-refractivity contribution in [2.45, 2.75) is 64.0 Å². The predicted molar refractivity (Wildman–Crippen MR) is 72.3 cm³/mol. The summed E-state index contributed by atoms with van der Waals surface area (Å²) < 4.78 is 43.4. The van der Waals surface area contributed by atoms with Gasteiger partial charge in [0, 0.05) is 12.8 Å². The van der Waals surface area contributed by atoms with E-state index in [0.29, 0.717) is 12.8 Å². The van der Waals surface area contributed by atoms with Gasteiger partial charge in [-0.25, -0.2) is 4.79 Å². The molecule has 1 N–H and O–H groups in total. The highest BCUT2D eigenvalue weighted by Crippen LogP contribution is 2.16. The molecule has 0 fully saturated rings. The van der Waals surface area contributed by atoms with Gasteiger partial charge in [0.25, 0.3) is 0 Å². The summed E-state index contributed by atoms with van der Waals surface area (Å²) in [4.78, 5) is 31.8. The second kappa shape index (κ2) is 11.7. The monoisotopic (exact) mass is 342 g/mol. The lowest BCUT2D eigenvalue weighted by molar-refractivity contribution is -0.210. The first-order valence-electron chi connectivity index (χ1n) is 7.35. The van der Waals surface area contributed by atoms with Crippen molar-refractivity contribution >= 4 is 17.9 Å². The van der Waals surface area contributed by atoms with Gasteiger partial charge in [-0.3, -0.25) is 9.59 Å². The molecule has 0 aliphatic rings. The topological polar surface area (TPSA) is 89.9 Å². The molecule has 0 spiro atoms. The molecule has 0 saturated heterocycles. The largest absolute Gasteiger partial charge is 0.491 e. The lowest BCUT2D eigenvalue weighted by Gasteiger charge is -2.07. The van der Waals surface area contributed by atoms with Crippen molar-refractivity contribution in [3.05, 3.63) is 0 Å². The molecule has 9 heteroatoms. The molecule has 0 aromatic heterocycles. The lowest BCUT2D eigenvalue weighted by Crippen LogP contribution is -2.26. The summed E-state index contributed by atoms with van der Waals surface area (Å²) in [6.45, 7) is -1.04. The number of carbonyl (C=O) groups is 3. The minimum atomic E-state index is -5.10. The third-order valence-electron chi connectivity index (χ3n) is 2.91. The number of hydrogen-bond donors (Lipinski definition) is 1. The number of carboxylic acids is 1. The fraction of sp³-hybridized carbons (Fsp3) is 0.786. The van der Waals surface area contributed by atoms with Crippen LogP contribution in [0.3, 0.4) is 0 Å². The van der Waals surface area contributed by atoms with Crippen molar-refractivity contribution in [3.63, 3.8) is 0 Å². The van der Waals surface area contributed by atoms with Crippen LogP contribution in [0.25, 0.3) is 0 Å². The molecule has 0 atom stereocenters. The highest BCUT2D eigenvalue weighted by molar-refractivity contribution is 5.75. The third kappa shape index (κ3) is 13.6. The number of rotatable bonds is 12. The van der Waals surface area contributed by atoms with Crippen LogP contribution in [-0.2, 0) is 23.9 Å². The number of hydrogen-bond acceptors (Lipinski definition) is 5. The summed E-state index contributed by atoms with van der Waals surface area (Å²) >= 11 is 0. The first-order valence-corrected chi connectivity index (χ1v) is 7.35. The summed E-state index contributed by atoms with van der Waals surface area (Å²) in [6.07, 6.45) is 0.630. The Hall–Kier alpha value is -1.80. The van der Waals surface area contributed by atoms with Gasteiger partial charge in [-0.15, -0.1) is 0 Å². The number of halogens is 3. The van der Waals surface area contributed by atoms with Crippen LogP contribution in [0.1, 0.15) is 57.8 Å². The summed E-state index contributed by atoms with van der Waals surface area (Å²) in [5.41, 5.74) is 0. The molecule has 0 aromatic rings. The molecular formula is C14H21F3O6. The molecule has 23 heavy (non-hydrogen) atoms. The Bertz CT molecular complexity index is 381. The van der Waals surface area contributed by atoms with Crippen LogP contribution in [-0.4, -0.2) is 36.0 Å². The molecule has 0 aliphatic heterocycles. The molecular weight excluding hydrogens is 321 g/mol. The minimum absolute atomic E-state index is 0.0442. The molecule has 134 valence electrons. The second-order valence-corrected chi connectivity index (χ2v) is 4.93. The zero-order valence-electron chi connectivity index (χ0n) is 12.7. The highest BCUT2D eigenvalue weighted by Gasteiger charge is 2.41. The molecule has 0 aliphatic carbocycles. The molecule has 6 nitrogen and oxygen atoms in total. The van der Waals surface area contributed by atoms with E-state index in [1.165, 1.54) is 0 Å². The zero-order chi connectivity index (χ0) is 17.7. The van der Waals surface area contributed by atoms with Crippen LogP contribution in [0.4, 0.5) is 13.2 Å². The molecule has 0 unspecified atom stereocenters. The first kappa shape index (κ1) is 21.2. The lowest BCUT2D eigenvalue weighted by atomic mass is 10.1. The van der Waals surface area contributed by atoms with Crippen LogP contribution >= 0.6 is 0 Å². The van der Waals surface area contributed by atoms with E-state index in [1.54, 1.807) is 0 Å². The molecule has 0 bridgehead atoms. The number of ether oxygens (including phenoxy) is 2. The Labute approximate surface area is 131 Å². The van der Waals surface area contributed by atoms with Crippen molar-refractivity contribution < 1.29 is 42.1 Å². The van der Waals surface area contributed by atoms with E-state index in [0.717, 1.165) is 32.1 Å². The van der Waals surface area contributed by atoms with Gasteiger partial charge in [0.15, 0.2) is 0 Å². The Morgan fingerprint density at radius 1 is 0.783 bits per heavy atom. The van der Waals surface area contributed by atoms with Gasteiger partial charge in [0.2, 0.25) is 6.79 Å². The van der Waals surface area contributed by atoms with E-state index in [-0.39, 0.29) is 12.8 Å². The van der Waals surface area contributed by atoms with Gasteiger partial charge in [-0.2, -0.15) is 13.2 Å². The maximum absolute atomic E-state index is 11.8. The van der Waals surface area contributed by atoms with Crippen LogP contribution in [0.15, 0.2) is 0 Å². The van der Waals surface area contributed by atoms with Gasteiger partial charge in [0.05, 0.1) is 0 Å². The number of carboxylic acid groups (broad SMARTS) is 1. The quantitative estimate of drug-likeness (QED) is 0.333. The SMILES string of the molecule is O=C(O)CCCCCCCCCC(=O)OCOC(=O)C(F)(F)F. The van der Waals surface area contributed by atoms with Crippen LogP contribution < -0.4 is 0 Å². The Morgan fingerprint density at radius 2 is 1.26 bits per heavy atom. The van der Waals surface area contributed by atoms with E-state index >= 15 is 0 Å². The summed E-state index contributed by atoms with van der Waals surface area (Å²) in [5.74, 6) is -3.92. The molecule has 0 saturated carbocycles. The first-order chi connectivity index (χ1) is 10.7. The molecule has 0 heterocycles. The van der Waals surface area contributed by atoms with Gasteiger partial charge < -0.3 is 14.6 Å². The standard InChI is InChI=1S/C14H21F3O6/c15-14(16,17)13(21)23-10-22-12(20)9-7-5-3-1-2-4-6-8-11(18)19/h1-10H2,(H,18,19). The number of aliphatic carboxylic acids is 1. The summed E-state index contributed by atoms with van der Waals surface area (Å²) in [7, 11) is 0. The van der Waals surface area contributed by atoms with E-state index in [2.05, 4.69) is 9.47 Å². The fourth-order valence-corrected chi connectivity index (χ4v) is 1.73. The zero-order valence-corrected chi connectivity index (χ0v) is 12.7. The van der Waals surface area contributed by atoms with Crippen molar-refractivity contribution in [2.75, 3.05) is 6.79 Å². The van der Waals surface area contributed by atoms with Crippen LogP contribution in [0.2, 0.25) is 0 Å². The van der Waals surface area contributed by atoms with Crippen molar-refractivity contribution in [1.82, 2.24) is 0 Å². The molecule has 0 amide bonds. The van der Waals surface area contributed by atoms with Crippen molar-refractivity contribution in [2.24, 2.45) is 0 Å².